The van der Waals surface area contributed by atoms with E-state index in [1.165, 1.54) is 12.1 Å². The molecule has 0 radical (unpaired) electrons. The molecule has 4 nitrogen and oxygen atoms in total. The summed E-state index contributed by atoms with van der Waals surface area (Å²) in [5.74, 6) is -0.989. The Morgan fingerprint density at radius 3 is 2.47 bits per heavy atom. The second kappa shape index (κ2) is 6.26. The Bertz CT molecular complexity index is 495. The maximum atomic E-state index is 11.8. The van der Waals surface area contributed by atoms with Crippen LogP contribution >= 0.6 is 23.2 Å². The highest BCUT2D eigenvalue weighted by atomic mass is 35.5. The van der Waals surface area contributed by atoms with Crippen LogP contribution in [-0.2, 0) is 9.53 Å². The van der Waals surface area contributed by atoms with Gasteiger partial charge in [0.25, 0.3) is 5.91 Å². The van der Waals surface area contributed by atoms with Gasteiger partial charge in [-0.15, -0.1) is 0 Å². The average molecular weight is 304 g/mol. The molecule has 0 heterocycles. The van der Waals surface area contributed by atoms with Gasteiger partial charge >= 0.3 is 5.97 Å². The smallest absolute Gasteiger partial charge is 0.325 e. The number of ether oxygens (including phenoxy) is 1. The molecule has 19 heavy (non-hydrogen) atoms. The van der Waals surface area contributed by atoms with Gasteiger partial charge in [-0.3, -0.25) is 9.59 Å². The van der Waals surface area contributed by atoms with Gasteiger partial charge in [-0.2, -0.15) is 0 Å². The molecule has 0 unspecified atom stereocenters. The minimum absolute atomic E-state index is 0.220. The van der Waals surface area contributed by atoms with Crippen molar-refractivity contribution in [3.8, 4) is 0 Å². The van der Waals surface area contributed by atoms with Crippen LogP contribution in [0.2, 0.25) is 10.0 Å². The monoisotopic (exact) mass is 303 g/mol. The normalized spacial score (nSPS) is 11.0. The highest BCUT2D eigenvalue weighted by Gasteiger charge is 2.18. The van der Waals surface area contributed by atoms with Gasteiger partial charge < -0.3 is 10.1 Å². The molecule has 1 rings (SSSR count). The highest BCUT2D eigenvalue weighted by molar-refractivity contribution is 6.35. The molecule has 0 saturated heterocycles. The zero-order valence-electron chi connectivity index (χ0n) is 10.9. The summed E-state index contributed by atoms with van der Waals surface area (Å²) in [5.41, 5.74) is -0.368. The first-order valence-corrected chi connectivity index (χ1v) is 6.40. The largest absolute Gasteiger partial charge is 0.459 e. The number of nitrogens with one attached hydrogen (secondary N) is 1. The lowest BCUT2D eigenvalue weighted by Gasteiger charge is -2.19. The van der Waals surface area contributed by atoms with Crippen LogP contribution in [0.3, 0.4) is 0 Å². The number of benzene rings is 1. The molecule has 6 heteroatoms. The van der Waals surface area contributed by atoms with Crippen molar-refractivity contribution in [2.45, 2.75) is 26.4 Å². The number of rotatable bonds is 3. The van der Waals surface area contributed by atoms with Gasteiger partial charge in [0.05, 0.1) is 10.6 Å². The quantitative estimate of drug-likeness (QED) is 0.873. The Morgan fingerprint density at radius 1 is 1.26 bits per heavy atom. The Morgan fingerprint density at radius 2 is 1.89 bits per heavy atom. The standard InChI is InChI=1S/C13H15Cl2NO3/c1-13(2,3)19-11(17)7-16-12(18)9-6-8(14)4-5-10(9)15/h4-6H,7H2,1-3H3,(H,16,18). The molecule has 0 fully saturated rings. The van der Waals surface area contributed by atoms with Crippen molar-refractivity contribution >= 4 is 35.1 Å². The van der Waals surface area contributed by atoms with E-state index in [-0.39, 0.29) is 17.1 Å². The number of esters is 1. The molecule has 104 valence electrons. The van der Waals surface area contributed by atoms with E-state index in [1.807, 2.05) is 0 Å². The Hall–Kier alpha value is -1.26. The van der Waals surface area contributed by atoms with Crippen molar-refractivity contribution < 1.29 is 14.3 Å². The maximum absolute atomic E-state index is 11.8. The summed E-state index contributed by atoms with van der Waals surface area (Å²) in [4.78, 5) is 23.3. The van der Waals surface area contributed by atoms with Crippen molar-refractivity contribution in [1.82, 2.24) is 5.32 Å². The van der Waals surface area contributed by atoms with E-state index in [9.17, 15) is 9.59 Å². The molecule has 0 aliphatic heterocycles. The maximum Gasteiger partial charge on any atom is 0.325 e. The number of hydrogen-bond donors (Lipinski definition) is 1. The molecule has 0 saturated carbocycles. The second-order valence-corrected chi connectivity index (χ2v) is 5.74. The third-order valence-corrected chi connectivity index (χ3v) is 2.55. The second-order valence-electron chi connectivity index (χ2n) is 4.89. The van der Waals surface area contributed by atoms with E-state index < -0.39 is 17.5 Å². The number of carbonyl (C=O) groups is 2. The lowest BCUT2D eigenvalue weighted by Crippen LogP contribution is -2.34. The Labute approximate surface area is 122 Å². The molecule has 0 aromatic heterocycles. The van der Waals surface area contributed by atoms with Gasteiger partial charge in [0.2, 0.25) is 0 Å². The number of hydrogen-bond acceptors (Lipinski definition) is 3. The van der Waals surface area contributed by atoms with Crippen LogP contribution < -0.4 is 5.32 Å². The first-order chi connectivity index (χ1) is 8.69. The minimum atomic E-state index is -0.588. The van der Waals surface area contributed by atoms with Crippen LogP contribution in [0.15, 0.2) is 18.2 Å². The van der Waals surface area contributed by atoms with Crippen molar-refractivity contribution in [1.29, 1.82) is 0 Å². The van der Waals surface area contributed by atoms with Gasteiger partial charge in [0, 0.05) is 5.02 Å². The van der Waals surface area contributed by atoms with Gasteiger partial charge in [0.15, 0.2) is 0 Å². The summed E-state index contributed by atoms with van der Waals surface area (Å²) in [7, 11) is 0. The van der Waals surface area contributed by atoms with Crippen LogP contribution in [0.5, 0.6) is 0 Å². The van der Waals surface area contributed by atoms with Gasteiger partial charge in [0.1, 0.15) is 12.1 Å². The summed E-state index contributed by atoms with van der Waals surface area (Å²) in [5, 5.41) is 3.10. The van der Waals surface area contributed by atoms with Crippen molar-refractivity contribution in [2.24, 2.45) is 0 Å². The molecule has 0 spiro atoms. The molecule has 1 N–H and O–H groups in total. The third-order valence-electron chi connectivity index (χ3n) is 1.99. The molecule has 1 aromatic carbocycles. The van der Waals surface area contributed by atoms with E-state index in [4.69, 9.17) is 27.9 Å². The van der Waals surface area contributed by atoms with Crippen molar-refractivity contribution in [3.05, 3.63) is 33.8 Å². The summed E-state index contributed by atoms with van der Waals surface area (Å²) in [6.07, 6.45) is 0. The molecule has 0 bridgehead atoms. The van der Waals surface area contributed by atoms with E-state index in [0.717, 1.165) is 0 Å². The van der Waals surface area contributed by atoms with Gasteiger partial charge in [-0.05, 0) is 39.0 Å². The lowest BCUT2D eigenvalue weighted by molar-refractivity contribution is -0.153. The molecule has 1 amide bonds. The Kier molecular flexibility index (Phi) is 5.20. The zero-order chi connectivity index (χ0) is 14.6. The van der Waals surface area contributed by atoms with E-state index >= 15 is 0 Å². The lowest BCUT2D eigenvalue weighted by atomic mass is 10.2. The highest BCUT2D eigenvalue weighted by Crippen LogP contribution is 2.20. The van der Waals surface area contributed by atoms with Crippen LogP contribution in [0.4, 0.5) is 0 Å². The summed E-state index contributed by atoms with van der Waals surface area (Å²) < 4.78 is 5.07. The molecular weight excluding hydrogens is 289 g/mol. The number of carbonyl (C=O) groups excluding carboxylic acids is 2. The fourth-order valence-corrected chi connectivity index (χ4v) is 1.67. The third kappa shape index (κ3) is 5.49. The average Bonchev–Trinajstić information content (AvgIpc) is 2.27. The predicted octanol–water partition coefficient (Wildman–Crippen LogP) is 3.06. The molecule has 1 aromatic rings. The number of amides is 1. The van der Waals surface area contributed by atoms with Crippen LogP contribution in [0, 0.1) is 0 Å². The molecule has 0 aliphatic carbocycles. The first-order valence-electron chi connectivity index (χ1n) is 5.64. The summed E-state index contributed by atoms with van der Waals surface area (Å²) in [6.45, 7) is 5.03. The Balaban J connectivity index is 2.61. The fraction of sp³-hybridized carbons (Fsp3) is 0.385. The van der Waals surface area contributed by atoms with Crippen molar-refractivity contribution in [3.63, 3.8) is 0 Å². The summed E-state index contributed by atoms with van der Waals surface area (Å²) in [6, 6.07) is 4.54. The van der Waals surface area contributed by atoms with Crippen LogP contribution in [0.1, 0.15) is 31.1 Å². The van der Waals surface area contributed by atoms with E-state index in [2.05, 4.69) is 5.32 Å². The minimum Gasteiger partial charge on any atom is -0.459 e. The molecular formula is C13H15Cl2NO3. The van der Waals surface area contributed by atoms with Gasteiger partial charge in [-0.1, -0.05) is 23.2 Å². The summed E-state index contributed by atoms with van der Waals surface area (Å²) >= 11 is 11.7. The zero-order valence-corrected chi connectivity index (χ0v) is 12.4. The van der Waals surface area contributed by atoms with Crippen molar-refractivity contribution in [2.75, 3.05) is 6.54 Å². The fourth-order valence-electron chi connectivity index (χ4n) is 1.30. The van der Waals surface area contributed by atoms with Crippen LogP contribution in [-0.4, -0.2) is 24.0 Å². The van der Waals surface area contributed by atoms with Gasteiger partial charge in [-0.25, -0.2) is 0 Å². The molecule has 0 aliphatic rings. The SMILES string of the molecule is CC(C)(C)OC(=O)CNC(=O)c1cc(Cl)ccc1Cl. The van der Waals surface area contributed by atoms with E-state index in [1.54, 1.807) is 26.8 Å². The predicted molar refractivity (Wildman–Crippen MR) is 74.6 cm³/mol. The first kappa shape index (κ1) is 15.8. The molecule has 0 atom stereocenters. The van der Waals surface area contributed by atoms with Crippen LogP contribution in [0.25, 0.3) is 0 Å². The van der Waals surface area contributed by atoms with E-state index in [0.29, 0.717) is 5.02 Å². The topological polar surface area (TPSA) is 55.4 Å². The number of halogens is 2.